The lowest BCUT2D eigenvalue weighted by molar-refractivity contribution is 0.102. The molecule has 30 heavy (non-hydrogen) atoms. The van der Waals surface area contributed by atoms with Crippen molar-refractivity contribution in [3.63, 3.8) is 0 Å². The van der Waals surface area contributed by atoms with Crippen molar-refractivity contribution in [2.24, 2.45) is 0 Å². The number of nitrogens with two attached hydrogens (primary N) is 1. The summed E-state index contributed by atoms with van der Waals surface area (Å²) in [5.41, 5.74) is 10.4. The molecule has 4 aromatic rings. The minimum absolute atomic E-state index is 0.200. The number of carbonyl (C=O) groups is 1. The molecule has 0 saturated heterocycles. The highest BCUT2D eigenvalue weighted by atomic mass is 16.5. The van der Waals surface area contributed by atoms with Crippen LogP contribution in [0.3, 0.4) is 0 Å². The maximum Gasteiger partial charge on any atom is 0.255 e. The van der Waals surface area contributed by atoms with Gasteiger partial charge in [-0.1, -0.05) is 30.3 Å². The molecule has 0 saturated carbocycles. The highest BCUT2D eigenvalue weighted by Gasteiger charge is 2.14. The van der Waals surface area contributed by atoms with Crippen molar-refractivity contribution in [2.45, 2.75) is 13.8 Å². The third-order valence-electron chi connectivity index (χ3n) is 4.78. The first kappa shape index (κ1) is 19.4. The molecule has 6 nitrogen and oxygen atoms in total. The van der Waals surface area contributed by atoms with Gasteiger partial charge in [-0.05, 0) is 49.7 Å². The van der Waals surface area contributed by atoms with E-state index in [9.17, 15) is 4.79 Å². The molecule has 1 amide bonds. The van der Waals surface area contributed by atoms with Crippen LogP contribution in [0.1, 0.15) is 22.8 Å². The third-order valence-corrected chi connectivity index (χ3v) is 4.78. The van der Waals surface area contributed by atoms with E-state index in [1.54, 1.807) is 12.1 Å². The molecule has 4 rings (SSSR count). The summed E-state index contributed by atoms with van der Waals surface area (Å²) in [6.45, 7) is 4.47. The number of carbonyl (C=O) groups excluding carboxylic acids is 1. The Morgan fingerprint density at radius 3 is 2.70 bits per heavy atom. The molecule has 0 radical (unpaired) electrons. The van der Waals surface area contributed by atoms with Gasteiger partial charge in [-0.3, -0.25) is 4.79 Å². The molecule has 0 aliphatic carbocycles. The Morgan fingerprint density at radius 2 is 1.87 bits per heavy atom. The van der Waals surface area contributed by atoms with Crippen molar-refractivity contribution in [3.05, 3.63) is 77.9 Å². The normalized spacial score (nSPS) is 10.7. The highest BCUT2D eigenvalue weighted by Crippen LogP contribution is 2.30. The van der Waals surface area contributed by atoms with Crippen LogP contribution in [-0.2, 0) is 0 Å². The van der Waals surface area contributed by atoms with E-state index in [4.69, 9.17) is 10.5 Å². The number of amides is 1. The van der Waals surface area contributed by atoms with E-state index < -0.39 is 0 Å². The molecule has 1 heterocycles. The number of nitrogens with zero attached hydrogens (tertiary/aromatic N) is 2. The molecular formula is C24H22N4O2. The first-order chi connectivity index (χ1) is 14.5. The van der Waals surface area contributed by atoms with E-state index in [2.05, 4.69) is 15.3 Å². The van der Waals surface area contributed by atoms with Crippen molar-refractivity contribution in [1.29, 1.82) is 0 Å². The summed E-state index contributed by atoms with van der Waals surface area (Å²) in [4.78, 5) is 21.7. The molecular weight excluding hydrogens is 376 g/mol. The zero-order valence-corrected chi connectivity index (χ0v) is 16.8. The summed E-state index contributed by atoms with van der Waals surface area (Å²) in [5.74, 6) is 0.699. The van der Waals surface area contributed by atoms with Crippen LogP contribution in [0, 0.1) is 6.92 Å². The van der Waals surface area contributed by atoms with Crippen LogP contribution in [0.4, 0.5) is 11.6 Å². The number of hydrogen-bond donors (Lipinski definition) is 2. The fraction of sp³-hybridized carbons (Fsp3) is 0.125. The van der Waals surface area contributed by atoms with Gasteiger partial charge in [0.25, 0.3) is 5.91 Å². The van der Waals surface area contributed by atoms with Crippen LogP contribution in [0.25, 0.3) is 22.2 Å². The Kier molecular flexibility index (Phi) is 5.30. The van der Waals surface area contributed by atoms with Crippen LogP contribution < -0.4 is 15.8 Å². The Bertz CT molecular complexity index is 1240. The quantitative estimate of drug-likeness (QED) is 0.502. The number of ether oxygens (including phenoxy) is 1. The summed E-state index contributed by atoms with van der Waals surface area (Å²) in [6.07, 6.45) is 0. The average molecular weight is 398 g/mol. The van der Waals surface area contributed by atoms with E-state index in [1.165, 1.54) is 0 Å². The van der Waals surface area contributed by atoms with E-state index in [1.807, 2.05) is 68.4 Å². The molecule has 0 unspecified atom stereocenters. The monoisotopic (exact) mass is 398 g/mol. The summed E-state index contributed by atoms with van der Waals surface area (Å²) in [6, 6.07) is 20.6. The highest BCUT2D eigenvalue weighted by molar-refractivity contribution is 6.05. The van der Waals surface area contributed by atoms with Gasteiger partial charge in [-0.2, -0.15) is 0 Å². The van der Waals surface area contributed by atoms with E-state index in [0.29, 0.717) is 29.3 Å². The Morgan fingerprint density at radius 1 is 1.03 bits per heavy atom. The second-order valence-electron chi connectivity index (χ2n) is 6.89. The fourth-order valence-corrected chi connectivity index (χ4v) is 3.35. The van der Waals surface area contributed by atoms with Crippen LogP contribution >= 0.6 is 0 Å². The summed E-state index contributed by atoms with van der Waals surface area (Å²) < 4.78 is 5.50. The number of rotatable bonds is 5. The van der Waals surface area contributed by atoms with Crippen LogP contribution in [0.2, 0.25) is 0 Å². The lowest BCUT2D eigenvalue weighted by Gasteiger charge is -2.12. The van der Waals surface area contributed by atoms with Gasteiger partial charge in [0.15, 0.2) is 0 Å². The number of nitrogen functional groups attached to an aromatic ring is 1. The summed E-state index contributed by atoms with van der Waals surface area (Å²) in [7, 11) is 0. The molecule has 6 heteroatoms. The Labute approximate surface area is 174 Å². The number of aryl methyl sites for hydroxylation is 1. The molecule has 0 bridgehead atoms. The second-order valence-corrected chi connectivity index (χ2v) is 6.89. The van der Waals surface area contributed by atoms with Gasteiger partial charge in [0, 0.05) is 28.3 Å². The minimum Gasteiger partial charge on any atom is -0.494 e. The van der Waals surface area contributed by atoms with Crippen LogP contribution in [-0.4, -0.2) is 22.5 Å². The first-order valence-electron chi connectivity index (χ1n) is 9.72. The molecule has 150 valence electrons. The van der Waals surface area contributed by atoms with E-state index in [-0.39, 0.29) is 11.9 Å². The van der Waals surface area contributed by atoms with Crippen LogP contribution in [0.5, 0.6) is 5.75 Å². The number of para-hydroxylation sites is 1. The van der Waals surface area contributed by atoms with Crippen molar-refractivity contribution >= 4 is 28.4 Å². The SMILES string of the molecule is CCOc1cccc(NC(=O)c2ccc(C)c(-c3nc(N)nc4ccccc34)c2)c1. The molecule has 3 aromatic carbocycles. The number of anilines is 2. The second kappa shape index (κ2) is 8.21. The maximum absolute atomic E-state index is 12.9. The third kappa shape index (κ3) is 3.93. The fourth-order valence-electron chi connectivity index (χ4n) is 3.35. The Balaban J connectivity index is 1.71. The summed E-state index contributed by atoms with van der Waals surface area (Å²) in [5, 5.41) is 3.81. The minimum atomic E-state index is -0.212. The number of hydrogen-bond acceptors (Lipinski definition) is 5. The van der Waals surface area contributed by atoms with Gasteiger partial charge in [-0.15, -0.1) is 0 Å². The maximum atomic E-state index is 12.9. The zero-order valence-electron chi connectivity index (χ0n) is 16.8. The molecule has 3 N–H and O–H groups in total. The Hall–Kier alpha value is -3.93. The van der Waals surface area contributed by atoms with Gasteiger partial charge in [0.2, 0.25) is 5.95 Å². The van der Waals surface area contributed by atoms with Gasteiger partial charge >= 0.3 is 0 Å². The topological polar surface area (TPSA) is 90.1 Å². The lowest BCUT2D eigenvalue weighted by atomic mass is 9.99. The number of fused-ring (bicyclic) bond motifs is 1. The lowest BCUT2D eigenvalue weighted by Crippen LogP contribution is -2.12. The van der Waals surface area contributed by atoms with Crippen molar-refractivity contribution in [1.82, 2.24) is 9.97 Å². The zero-order chi connectivity index (χ0) is 21.1. The predicted octanol–water partition coefficient (Wildman–Crippen LogP) is 4.84. The molecule has 0 aliphatic heterocycles. The average Bonchev–Trinajstić information content (AvgIpc) is 2.74. The van der Waals surface area contributed by atoms with Gasteiger partial charge in [-0.25, -0.2) is 9.97 Å². The summed E-state index contributed by atoms with van der Waals surface area (Å²) >= 11 is 0. The molecule has 1 aromatic heterocycles. The first-order valence-corrected chi connectivity index (χ1v) is 9.72. The predicted molar refractivity (Wildman–Crippen MR) is 120 cm³/mol. The van der Waals surface area contributed by atoms with Gasteiger partial charge < -0.3 is 15.8 Å². The van der Waals surface area contributed by atoms with Crippen molar-refractivity contribution in [2.75, 3.05) is 17.7 Å². The molecule has 0 fully saturated rings. The molecule has 0 spiro atoms. The number of aromatic nitrogens is 2. The van der Waals surface area contributed by atoms with Crippen molar-refractivity contribution < 1.29 is 9.53 Å². The largest absolute Gasteiger partial charge is 0.494 e. The molecule has 0 aliphatic rings. The van der Waals surface area contributed by atoms with Crippen LogP contribution in [0.15, 0.2) is 66.7 Å². The number of benzene rings is 3. The van der Waals surface area contributed by atoms with Gasteiger partial charge in [0.1, 0.15) is 5.75 Å². The van der Waals surface area contributed by atoms with E-state index in [0.717, 1.165) is 22.0 Å². The van der Waals surface area contributed by atoms with Crippen molar-refractivity contribution in [3.8, 4) is 17.0 Å². The standard InChI is InChI=1S/C24H22N4O2/c1-3-30-18-8-6-7-17(14-18)26-23(29)16-12-11-15(2)20(13-16)22-19-9-4-5-10-21(19)27-24(25)28-22/h4-14H,3H2,1-2H3,(H,26,29)(H2,25,27,28). The smallest absolute Gasteiger partial charge is 0.255 e. The number of nitrogens with one attached hydrogen (secondary N) is 1. The van der Waals surface area contributed by atoms with Gasteiger partial charge in [0.05, 0.1) is 17.8 Å². The molecule has 0 atom stereocenters. The van der Waals surface area contributed by atoms with E-state index >= 15 is 0 Å².